The van der Waals surface area contributed by atoms with Crippen molar-refractivity contribution in [3.63, 3.8) is 0 Å². The van der Waals surface area contributed by atoms with Crippen LogP contribution in [0.5, 0.6) is 5.75 Å². The highest BCUT2D eigenvalue weighted by atomic mass is 16.5. The molecule has 0 bridgehead atoms. The summed E-state index contributed by atoms with van der Waals surface area (Å²) in [6.45, 7) is 3.65. The Hall–Kier alpha value is -1.22. The third-order valence-electron chi connectivity index (χ3n) is 5.95. The van der Waals surface area contributed by atoms with Crippen molar-refractivity contribution in [2.24, 2.45) is 11.8 Å². The summed E-state index contributed by atoms with van der Waals surface area (Å²) in [7, 11) is 0. The van der Waals surface area contributed by atoms with E-state index < -0.39 is 0 Å². The van der Waals surface area contributed by atoms with Gasteiger partial charge in [0.25, 0.3) is 0 Å². The van der Waals surface area contributed by atoms with Gasteiger partial charge in [0.05, 0.1) is 12.7 Å². The largest absolute Gasteiger partial charge is 0.494 e. The monoisotopic (exact) mass is 315 g/mol. The van der Waals surface area contributed by atoms with Gasteiger partial charge in [-0.3, -0.25) is 0 Å². The first-order valence-electron chi connectivity index (χ1n) is 9.51. The maximum absolute atomic E-state index is 6.27. The van der Waals surface area contributed by atoms with Gasteiger partial charge in [-0.05, 0) is 56.7 Å². The molecule has 2 fully saturated rings. The summed E-state index contributed by atoms with van der Waals surface area (Å²) in [5.41, 5.74) is 2.58. The van der Waals surface area contributed by atoms with E-state index in [9.17, 15) is 0 Å². The van der Waals surface area contributed by atoms with E-state index in [2.05, 4.69) is 23.5 Å². The molecular weight excluding hydrogens is 286 g/mol. The van der Waals surface area contributed by atoms with Crippen molar-refractivity contribution in [1.29, 1.82) is 0 Å². The molecule has 1 N–H and O–H groups in total. The number of nitrogens with one attached hydrogen (secondary N) is 1. The van der Waals surface area contributed by atoms with E-state index in [-0.39, 0.29) is 6.10 Å². The van der Waals surface area contributed by atoms with Gasteiger partial charge in [0.2, 0.25) is 0 Å². The normalized spacial score (nSPS) is 30.9. The van der Waals surface area contributed by atoms with Gasteiger partial charge < -0.3 is 14.8 Å². The molecule has 2 aliphatic heterocycles. The molecule has 1 saturated heterocycles. The zero-order valence-electron chi connectivity index (χ0n) is 14.2. The fraction of sp³-hybridized carbons (Fsp3) is 0.700. The lowest BCUT2D eigenvalue weighted by molar-refractivity contribution is -0.0459. The summed E-state index contributed by atoms with van der Waals surface area (Å²) in [6, 6.07) is 7.08. The van der Waals surface area contributed by atoms with E-state index in [1.54, 1.807) is 0 Å². The van der Waals surface area contributed by atoms with Gasteiger partial charge in [-0.2, -0.15) is 0 Å². The van der Waals surface area contributed by atoms with Crippen molar-refractivity contribution < 1.29 is 9.47 Å². The first kappa shape index (κ1) is 15.3. The van der Waals surface area contributed by atoms with Crippen LogP contribution in [0, 0.1) is 11.8 Å². The predicted octanol–water partition coefficient (Wildman–Crippen LogP) is 4.93. The summed E-state index contributed by atoms with van der Waals surface area (Å²) < 4.78 is 12.0. The summed E-state index contributed by atoms with van der Waals surface area (Å²) in [5.74, 6) is 2.41. The van der Waals surface area contributed by atoms with Crippen LogP contribution in [0.25, 0.3) is 0 Å². The fourth-order valence-corrected chi connectivity index (χ4v) is 4.90. The van der Waals surface area contributed by atoms with Gasteiger partial charge >= 0.3 is 0 Å². The molecule has 1 aromatic rings. The molecule has 0 aromatic heterocycles. The summed E-state index contributed by atoms with van der Waals surface area (Å²) in [5, 5.41) is 3.90. The molecule has 0 amide bonds. The standard InChI is InChI=1S/C20H29NO2/c1-2-22-15-10-11-18-17(13-15)20-16(9-6-12-23-20)19(21-18)14-7-4-3-5-8-14/h10-11,13-14,16,19-21H,2-9,12H2,1H3/t16-,19+,20-/m0/s1. The molecule has 1 aromatic carbocycles. The number of fused-ring (bicyclic) bond motifs is 3. The van der Waals surface area contributed by atoms with E-state index in [4.69, 9.17) is 9.47 Å². The Bertz CT molecular complexity index is 538. The zero-order valence-corrected chi connectivity index (χ0v) is 14.2. The van der Waals surface area contributed by atoms with Crippen molar-refractivity contribution >= 4 is 5.69 Å². The van der Waals surface area contributed by atoms with Crippen LogP contribution in [0.2, 0.25) is 0 Å². The van der Waals surface area contributed by atoms with Gasteiger partial charge in [-0.1, -0.05) is 19.3 Å². The van der Waals surface area contributed by atoms with Crippen LogP contribution in [-0.2, 0) is 4.74 Å². The van der Waals surface area contributed by atoms with Gasteiger partial charge in [0, 0.05) is 29.8 Å². The van der Waals surface area contributed by atoms with Gasteiger partial charge in [-0.25, -0.2) is 0 Å². The lowest BCUT2D eigenvalue weighted by atomic mass is 9.71. The third kappa shape index (κ3) is 2.96. The topological polar surface area (TPSA) is 30.5 Å². The van der Waals surface area contributed by atoms with E-state index in [1.165, 1.54) is 56.2 Å². The van der Waals surface area contributed by atoms with Crippen LogP contribution < -0.4 is 10.1 Å². The van der Waals surface area contributed by atoms with Crippen molar-refractivity contribution in [3.05, 3.63) is 23.8 Å². The SMILES string of the molecule is CCOc1ccc2c(c1)[C@H]1OCCC[C@H]1[C@@H](C1CCCCC1)N2. The molecule has 23 heavy (non-hydrogen) atoms. The lowest BCUT2D eigenvalue weighted by Gasteiger charge is -2.47. The minimum Gasteiger partial charge on any atom is -0.494 e. The Morgan fingerprint density at radius 2 is 2.00 bits per heavy atom. The Balaban J connectivity index is 1.65. The average Bonchev–Trinajstić information content (AvgIpc) is 2.62. The second-order valence-electron chi connectivity index (χ2n) is 7.35. The van der Waals surface area contributed by atoms with Gasteiger partial charge in [-0.15, -0.1) is 0 Å². The first-order chi connectivity index (χ1) is 11.4. The third-order valence-corrected chi connectivity index (χ3v) is 5.95. The maximum Gasteiger partial charge on any atom is 0.119 e. The molecule has 126 valence electrons. The summed E-state index contributed by atoms with van der Waals surface area (Å²) in [4.78, 5) is 0. The van der Waals surface area contributed by atoms with Crippen LogP contribution in [0.3, 0.4) is 0 Å². The van der Waals surface area contributed by atoms with Crippen molar-refractivity contribution in [2.75, 3.05) is 18.5 Å². The van der Waals surface area contributed by atoms with Crippen LogP contribution >= 0.6 is 0 Å². The van der Waals surface area contributed by atoms with Crippen LogP contribution in [0.15, 0.2) is 18.2 Å². The highest BCUT2D eigenvalue weighted by Crippen LogP contribution is 2.48. The van der Waals surface area contributed by atoms with Crippen LogP contribution in [0.4, 0.5) is 5.69 Å². The Morgan fingerprint density at radius 3 is 2.83 bits per heavy atom. The molecule has 3 heteroatoms. The predicted molar refractivity (Wildman–Crippen MR) is 93.0 cm³/mol. The Kier molecular flexibility index (Phi) is 4.48. The Labute approximate surface area is 139 Å². The fourth-order valence-electron chi connectivity index (χ4n) is 4.90. The molecule has 3 atom stereocenters. The maximum atomic E-state index is 6.27. The first-order valence-corrected chi connectivity index (χ1v) is 9.51. The molecule has 3 nitrogen and oxygen atoms in total. The van der Waals surface area contributed by atoms with E-state index >= 15 is 0 Å². The van der Waals surface area contributed by atoms with E-state index in [0.29, 0.717) is 18.6 Å². The number of anilines is 1. The van der Waals surface area contributed by atoms with Gasteiger partial charge in [0.15, 0.2) is 0 Å². The number of ether oxygens (including phenoxy) is 2. The number of hydrogen-bond donors (Lipinski definition) is 1. The summed E-state index contributed by atoms with van der Waals surface area (Å²) in [6.07, 6.45) is 9.73. The zero-order chi connectivity index (χ0) is 15.6. The smallest absolute Gasteiger partial charge is 0.119 e. The van der Waals surface area contributed by atoms with Crippen LogP contribution in [0.1, 0.15) is 63.5 Å². The lowest BCUT2D eigenvalue weighted by Crippen LogP contribution is -2.46. The molecule has 1 aliphatic carbocycles. The molecule has 0 radical (unpaired) electrons. The van der Waals surface area contributed by atoms with Crippen LogP contribution in [-0.4, -0.2) is 19.3 Å². The average molecular weight is 315 g/mol. The molecular formula is C20H29NO2. The summed E-state index contributed by atoms with van der Waals surface area (Å²) >= 11 is 0. The Morgan fingerprint density at radius 1 is 1.13 bits per heavy atom. The van der Waals surface area contributed by atoms with E-state index in [0.717, 1.165) is 18.3 Å². The second-order valence-corrected chi connectivity index (χ2v) is 7.35. The minimum absolute atomic E-state index is 0.257. The van der Waals surface area contributed by atoms with Gasteiger partial charge in [0.1, 0.15) is 5.75 Å². The second kappa shape index (κ2) is 6.72. The van der Waals surface area contributed by atoms with Crippen molar-refractivity contribution in [3.8, 4) is 5.75 Å². The van der Waals surface area contributed by atoms with E-state index in [1.807, 2.05) is 6.92 Å². The molecule has 3 aliphatic rings. The highest BCUT2D eigenvalue weighted by molar-refractivity contribution is 5.58. The number of hydrogen-bond acceptors (Lipinski definition) is 3. The van der Waals surface area contributed by atoms with Crippen molar-refractivity contribution in [2.45, 2.75) is 64.0 Å². The molecule has 0 spiro atoms. The molecule has 1 saturated carbocycles. The minimum atomic E-state index is 0.257. The molecule has 2 heterocycles. The van der Waals surface area contributed by atoms with Crippen molar-refractivity contribution in [1.82, 2.24) is 0 Å². The quantitative estimate of drug-likeness (QED) is 0.858. The number of benzene rings is 1. The highest BCUT2D eigenvalue weighted by Gasteiger charge is 2.42. The molecule has 0 unspecified atom stereocenters. The number of rotatable bonds is 3. The molecule has 4 rings (SSSR count).